The second-order valence-corrected chi connectivity index (χ2v) is 5.91. The fourth-order valence-corrected chi connectivity index (χ4v) is 3.23. The summed E-state index contributed by atoms with van der Waals surface area (Å²) in [6.45, 7) is 6.00. The molecule has 0 bridgehead atoms. The summed E-state index contributed by atoms with van der Waals surface area (Å²) in [4.78, 5) is 0. The maximum atomic E-state index is 10.5. The second kappa shape index (κ2) is 7.96. The van der Waals surface area contributed by atoms with Crippen LogP contribution < -0.4 is 0 Å². The van der Waals surface area contributed by atoms with Crippen molar-refractivity contribution in [1.82, 2.24) is 0 Å². The number of aliphatic hydroxyl groups excluding tert-OH is 1. The summed E-state index contributed by atoms with van der Waals surface area (Å²) in [5, 5.41) is 10.5. The SMILES string of the molecule is C=CCCCCCC(O)C1(OC)CCCC(C)C1. The van der Waals surface area contributed by atoms with Crippen LogP contribution in [0.4, 0.5) is 0 Å². The maximum absolute atomic E-state index is 10.5. The van der Waals surface area contributed by atoms with Gasteiger partial charge in [-0.3, -0.25) is 0 Å². The minimum atomic E-state index is -0.297. The van der Waals surface area contributed by atoms with Crippen molar-refractivity contribution in [3.63, 3.8) is 0 Å². The Hall–Kier alpha value is -0.340. The predicted molar refractivity (Wildman–Crippen MR) is 76.7 cm³/mol. The van der Waals surface area contributed by atoms with E-state index in [9.17, 15) is 5.11 Å². The Morgan fingerprint density at radius 3 is 2.83 bits per heavy atom. The number of unbranched alkanes of at least 4 members (excludes halogenated alkanes) is 3. The van der Waals surface area contributed by atoms with Gasteiger partial charge in [0.1, 0.15) is 0 Å². The molecule has 0 amide bonds. The molecule has 0 saturated heterocycles. The first-order chi connectivity index (χ1) is 8.64. The van der Waals surface area contributed by atoms with E-state index in [0.29, 0.717) is 5.92 Å². The first kappa shape index (κ1) is 15.7. The van der Waals surface area contributed by atoms with Gasteiger partial charge in [-0.2, -0.15) is 0 Å². The Balaban J connectivity index is 2.36. The van der Waals surface area contributed by atoms with E-state index in [1.807, 2.05) is 6.08 Å². The van der Waals surface area contributed by atoms with Crippen molar-refractivity contribution in [2.24, 2.45) is 5.92 Å². The molecule has 0 aromatic heterocycles. The Bertz CT molecular complexity index is 239. The van der Waals surface area contributed by atoms with Crippen LogP contribution in [-0.4, -0.2) is 23.9 Å². The van der Waals surface area contributed by atoms with Crippen molar-refractivity contribution >= 4 is 0 Å². The summed E-state index contributed by atoms with van der Waals surface area (Å²) >= 11 is 0. The number of hydrogen-bond donors (Lipinski definition) is 1. The van der Waals surface area contributed by atoms with E-state index in [4.69, 9.17) is 4.74 Å². The third-order valence-corrected chi connectivity index (χ3v) is 4.39. The first-order valence-electron chi connectivity index (χ1n) is 7.48. The van der Waals surface area contributed by atoms with E-state index in [0.717, 1.165) is 32.1 Å². The smallest absolute Gasteiger partial charge is 0.0938 e. The van der Waals surface area contributed by atoms with E-state index in [1.54, 1.807) is 7.11 Å². The molecule has 0 aromatic carbocycles. The number of allylic oxidation sites excluding steroid dienone is 1. The monoisotopic (exact) mass is 254 g/mol. The van der Waals surface area contributed by atoms with Crippen LogP contribution in [-0.2, 0) is 4.74 Å². The van der Waals surface area contributed by atoms with Gasteiger partial charge in [0.2, 0.25) is 0 Å². The zero-order chi connectivity index (χ0) is 13.4. The lowest BCUT2D eigenvalue weighted by atomic mass is 9.74. The predicted octanol–water partition coefficient (Wildman–Crippen LogP) is 4.08. The molecule has 1 aliphatic rings. The molecule has 0 spiro atoms. The summed E-state index contributed by atoms with van der Waals surface area (Å²) in [6, 6.07) is 0. The number of aliphatic hydroxyl groups is 1. The van der Waals surface area contributed by atoms with Gasteiger partial charge < -0.3 is 9.84 Å². The number of rotatable bonds is 8. The zero-order valence-electron chi connectivity index (χ0n) is 12.2. The van der Waals surface area contributed by atoms with Gasteiger partial charge in [-0.25, -0.2) is 0 Å². The quantitative estimate of drug-likeness (QED) is 0.522. The van der Waals surface area contributed by atoms with Crippen molar-refractivity contribution in [3.05, 3.63) is 12.7 Å². The van der Waals surface area contributed by atoms with Crippen LogP contribution in [0.3, 0.4) is 0 Å². The van der Waals surface area contributed by atoms with Crippen LogP contribution in [0.1, 0.15) is 64.7 Å². The molecule has 1 saturated carbocycles. The van der Waals surface area contributed by atoms with E-state index < -0.39 is 0 Å². The minimum absolute atomic E-state index is 0.268. The molecule has 1 aliphatic carbocycles. The lowest BCUT2D eigenvalue weighted by Crippen LogP contribution is -2.47. The van der Waals surface area contributed by atoms with E-state index in [1.165, 1.54) is 25.7 Å². The zero-order valence-corrected chi connectivity index (χ0v) is 12.2. The average Bonchev–Trinajstić information content (AvgIpc) is 2.38. The van der Waals surface area contributed by atoms with E-state index in [2.05, 4.69) is 13.5 Å². The summed E-state index contributed by atoms with van der Waals surface area (Å²) in [5.74, 6) is 0.675. The van der Waals surface area contributed by atoms with Crippen LogP contribution in [0.15, 0.2) is 12.7 Å². The topological polar surface area (TPSA) is 29.5 Å². The van der Waals surface area contributed by atoms with Gasteiger partial charge >= 0.3 is 0 Å². The third-order valence-electron chi connectivity index (χ3n) is 4.39. The Morgan fingerprint density at radius 1 is 1.44 bits per heavy atom. The minimum Gasteiger partial charge on any atom is -0.390 e. The fourth-order valence-electron chi connectivity index (χ4n) is 3.23. The highest BCUT2D eigenvalue weighted by Crippen LogP contribution is 2.38. The molecule has 0 aliphatic heterocycles. The molecule has 1 fully saturated rings. The molecule has 3 atom stereocenters. The molecular weight excluding hydrogens is 224 g/mol. The van der Waals surface area contributed by atoms with Gasteiger partial charge in [0.05, 0.1) is 11.7 Å². The Morgan fingerprint density at radius 2 is 2.22 bits per heavy atom. The molecule has 1 N–H and O–H groups in total. The molecule has 0 aromatic rings. The third kappa shape index (κ3) is 4.40. The largest absolute Gasteiger partial charge is 0.390 e. The number of ether oxygens (including phenoxy) is 1. The molecule has 1 rings (SSSR count). The molecule has 106 valence electrons. The highest BCUT2D eigenvalue weighted by molar-refractivity contribution is 4.92. The van der Waals surface area contributed by atoms with E-state index in [-0.39, 0.29) is 11.7 Å². The number of hydrogen-bond acceptors (Lipinski definition) is 2. The van der Waals surface area contributed by atoms with Gasteiger partial charge in [-0.05, 0) is 38.0 Å². The molecule has 2 heteroatoms. The molecule has 0 heterocycles. The van der Waals surface area contributed by atoms with Crippen molar-refractivity contribution in [1.29, 1.82) is 0 Å². The van der Waals surface area contributed by atoms with Crippen LogP contribution >= 0.6 is 0 Å². The van der Waals surface area contributed by atoms with Crippen LogP contribution in [0.25, 0.3) is 0 Å². The van der Waals surface area contributed by atoms with E-state index >= 15 is 0 Å². The Kier molecular flexibility index (Phi) is 6.95. The van der Waals surface area contributed by atoms with Gasteiger partial charge in [0.15, 0.2) is 0 Å². The highest BCUT2D eigenvalue weighted by Gasteiger charge is 2.40. The fraction of sp³-hybridized carbons (Fsp3) is 0.875. The Labute approximate surface area is 112 Å². The van der Waals surface area contributed by atoms with Crippen molar-refractivity contribution < 1.29 is 9.84 Å². The maximum Gasteiger partial charge on any atom is 0.0938 e. The van der Waals surface area contributed by atoms with Crippen molar-refractivity contribution in [2.75, 3.05) is 7.11 Å². The second-order valence-electron chi connectivity index (χ2n) is 5.91. The summed E-state index contributed by atoms with van der Waals surface area (Å²) in [5.41, 5.74) is -0.268. The molecule has 18 heavy (non-hydrogen) atoms. The van der Waals surface area contributed by atoms with Gasteiger partial charge in [0.25, 0.3) is 0 Å². The van der Waals surface area contributed by atoms with Crippen LogP contribution in [0, 0.1) is 5.92 Å². The first-order valence-corrected chi connectivity index (χ1v) is 7.48. The van der Waals surface area contributed by atoms with Crippen LogP contribution in [0.2, 0.25) is 0 Å². The normalized spacial score (nSPS) is 30.1. The van der Waals surface area contributed by atoms with Crippen molar-refractivity contribution in [3.8, 4) is 0 Å². The standard InChI is InChI=1S/C16H30O2/c1-4-5-6-7-8-11-15(17)16(18-3)12-9-10-14(2)13-16/h4,14-15,17H,1,5-13H2,2-3H3. The molecular formula is C16H30O2. The lowest BCUT2D eigenvalue weighted by Gasteiger charge is -2.42. The summed E-state index contributed by atoms with van der Waals surface area (Å²) in [7, 11) is 1.76. The highest BCUT2D eigenvalue weighted by atomic mass is 16.5. The molecule has 2 nitrogen and oxygen atoms in total. The van der Waals surface area contributed by atoms with Gasteiger partial charge in [-0.1, -0.05) is 38.7 Å². The lowest BCUT2D eigenvalue weighted by molar-refractivity contribution is -0.134. The summed E-state index contributed by atoms with van der Waals surface area (Å²) in [6.07, 6.45) is 11.6. The van der Waals surface area contributed by atoms with Gasteiger partial charge in [-0.15, -0.1) is 6.58 Å². The van der Waals surface area contributed by atoms with Crippen molar-refractivity contribution in [2.45, 2.75) is 76.4 Å². The molecule has 0 radical (unpaired) electrons. The van der Waals surface area contributed by atoms with Crippen LogP contribution in [0.5, 0.6) is 0 Å². The number of methoxy groups -OCH3 is 1. The molecule has 3 unspecified atom stereocenters. The van der Waals surface area contributed by atoms with Gasteiger partial charge in [0, 0.05) is 7.11 Å². The summed E-state index contributed by atoms with van der Waals surface area (Å²) < 4.78 is 5.72. The average molecular weight is 254 g/mol.